The van der Waals surface area contributed by atoms with Crippen LogP contribution in [-0.4, -0.2) is 39.4 Å². The Morgan fingerprint density at radius 3 is 2.41 bits per heavy atom. The van der Waals surface area contributed by atoms with E-state index in [1.807, 2.05) is 0 Å². The molecule has 0 aliphatic heterocycles. The van der Waals surface area contributed by atoms with Crippen molar-refractivity contribution in [3.63, 3.8) is 0 Å². The molecule has 0 fully saturated rings. The average Bonchev–Trinajstić information content (AvgIpc) is 3.15. The normalized spacial score (nSPS) is 10.4. The number of phenols is 1. The molecule has 0 spiro atoms. The van der Waals surface area contributed by atoms with Crippen molar-refractivity contribution < 1.29 is 19.5 Å². The maximum atomic E-state index is 12.4. The van der Waals surface area contributed by atoms with E-state index in [1.165, 1.54) is 36.1 Å². The Morgan fingerprint density at radius 2 is 1.79 bits per heavy atom. The van der Waals surface area contributed by atoms with Gasteiger partial charge in [-0.05, 0) is 42.5 Å². The van der Waals surface area contributed by atoms with Crippen LogP contribution in [0.3, 0.4) is 0 Å². The molecule has 0 atom stereocenters. The zero-order valence-corrected chi connectivity index (χ0v) is 15.9. The predicted octanol–water partition coefficient (Wildman–Crippen LogP) is 1.94. The summed E-state index contributed by atoms with van der Waals surface area (Å²) < 4.78 is 1.38. The number of nitrogens with zero attached hydrogens (tertiary/aromatic N) is 2. The number of nitrogens with one attached hydrogen (secondary N) is 2. The first kappa shape index (κ1) is 19.9. The monoisotopic (exact) mass is 413 g/mol. The zero-order valence-electron chi connectivity index (χ0n) is 15.1. The van der Waals surface area contributed by atoms with Crippen molar-refractivity contribution in [3.05, 3.63) is 70.8 Å². The van der Waals surface area contributed by atoms with E-state index >= 15 is 0 Å². The van der Waals surface area contributed by atoms with E-state index in [0.717, 1.165) is 0 Å². The summed E-state index contributed by atoms with van der Waals surface area (Å²) in [7, 11) is 1.42. The van der Waals surface area contributed by atoms with Crippen LogP contribution in [0.1, 0.15) is 31.3 Å². The second-order valence-electron chi connectivity index (χ2n) is 5.92. The zero-order chi connectivity index (χ0) is 21.1. The minimum absolute atomic E-state index is 0.0623. The van der Waals surface area contributed by atoms with E-state index in [0.29, 0.717) is 11.4 Å². The predicted molar refractivity (Wildman–Crippen MR) is 107 cm³/mol. The van der Waals surface area contributed by atoms with Crippen LogP contribution < -0.4 is 16.4 Å². The van der Waals surface area contributed by atoms with Crippen molar-refractivity contribution in [1.29, 1.82) is 0 Å². The van der Waals surface area contributed by atoms with Crippen molar-refractivity contribution >= 4 is 35.0 Å². The Labute approximate surface area is 170 Å². The van der Waals surface area contributed by atoms with E-state index in [4.69, 9.17) is 17.3 Å². The number of carbonyl (C=O) groups excluding carboxylic acids is 3. The van der Waals surface area contributed by atoms with E-state index in [2.05, 4.69) is 15.6 Å². The van der Waals surface area contributed by atoms with E-state index < -0.39 is 17.7 Å². The highest BCUT2D eigenvalue weighted by Crippen LogP contribution is 2.23. The molecule has 5 N–H and O–H groups in total. The van der Waals surface area contributed by atoms with E-state index in [-0.39, 0.29) is 27.7 Å². The van der Waals surface area contributed by atoms with Gasteiger partial charge in [0.1, 0.15) is 17.8 Å². The number of amides is 3. The molecule has 3 aromatic rings. The number of benzene rings is 2. The number of primary amides is 1. The van der Waals surface area contributed by atoms with Crippen molar-refractivity contribution in [2.75, 3.05) is 12.4 Å². The Morgan fingerprint density at radius 1 is 1.10 bits per heavy atom. The standard InChI is InChI=1S/C19H16ClN5O4/c1-22-19(29)15-16(17(21)27)25(9-23-15)11-4-2-10(3-5-11)24-18(28)13-8-12(26)6-7-14(13)20/h2-9,26H,1H3,(H2,21,27)(H,22,29)(H,24,28). The number of anilines is 1. The number of imidazole rings is 1. The molecule has 0 aliphatic carbocycles. The van der Waals surface area contributed by atoms with Gasteiger partial charge in [-0.25, -0.2) is 4.98 Å². The van der Waals surface area contributed by atoms with E-state index in [9.17, 15) is 19.5 Å². The topological polar surface area (TPSA) is 139 Å². The summed E-state index contributed by atoms with van der Waals surface area (Å²) >= 11 is 5.99. The Hall–Kier alpha value is -3.85. The molecule has 0 aliphatic rings. The van der Waals surface area contributed by atoms with Crippen LogP contribution in [0.5, 0.6) is 5.75 Å². The van der Waals surface area contributed by atoms with Gasteiger partial charge >= 0.3 is 0 Å². The molecule has 0 bridgehead atoms. The highest BCUT2D eigenvalue weighted by atomic mass is 35.5. The van der Waals surface area contributed by atoms with Crippen LogP contribution in [0.25, 0.3) is 5.69 Å². The lowest BCUT2D eigenvalue weighted by Gasteiger charge is -2.10. The van der Waals surface area contributed by atoms with Crippen LogP contribution in [0.4, 0.5) is 5.69 Å². The number of aromatic nitrogens is 2. The smallest absolute Gasteiger partial charge is 0.272 e. The Bertz CT molecular complexity index is 1110. The third-order valence-electron chi connectivity index (χ3n) is 4.04. The first-order chi connectivity index (χ1) is 13.8. The lowest BCUT2D eigenvalue weighted by molar-refractivity contribution is 0.0937. The van der Waals surface area contributed by atoms with Gasteiger partial charge in [-0.2, -0.15) is 0 Å². The van der Waals surface area contributed by atoms with Crippen LogP contribution >= 0.6 is 11.6 Å². The quantitative estimate of drug-likeness (QED) is 0.506. The lowest BCUT2D eigenvalue weighted by Crippen LogP contribution is -2.25. The second-order valence-corrected chi connectivity index (χ2v) is 6.33. The van der Waals surface area contributed by atoms with Gasteiger partial charge in [0.2, 0.25) is 0 Å². The molecule has 3 rings (SSSR count). The molecule has 148 valence electrons. The van der Waals surface area contributed by atoms with Crippen molar-refractivity contribution in [3.8, 4) is 11.4 Å². The second kappa shape index (κ2) is 8.03. The summed E-state index contributed by atoms with van der Waals surface area (Å²) in [6, 6.07) is 10.5. The van der Waals surface area contributed by atoms with Crippen LogP contribution in [0.2, 0.25) is 5.02 Å². The first-order valence-corrected chi connectivity index (χ1v) is 8.69. The lowest BCUT2D eigenvalue weighted by atomic mass is 10.2. The largest absolute Gasteiger partial charge is 0.508 e. The fourth-order valence-corrected chi connectivity index (χ4v) is 2.86. The molecule has 1 aromatic heterocycles. The van der Waals surface area contributed by atoms with Crippen LogP contribution in [0.15, 0.2) is 48.8 Å². The first-order valence-electron chi connectivity index (χ1n) is 8.31. The number of carbonyl (C=O) groups is 3. The summed E-state index contributed by atoms with van der Waals surface area (Å²) in [4.78, 5) is 40.0. The fraction of sp³-hybridized carbons (Fsp3) is 0.0526. The minimum atomic E-state index is -0.808. The summed E-state index contributed by atoms with van der Waals surface area (Å²) in [6.07, 6.45) is 1.31. The molecule has 0 unspecified atom stereocenters. The number of aromatic hydroxyl groups is 1. The SMILES string of the molecule is CNC(=O)c1ncn(-c2ccc(NC(=O)c3cc(O)ccc3Cl)cc2)c1C(N)=O. The molecule has 10 heteroatoms. The number of hydrogen-bond acceptors (Lipinski definition) is 5. The molecule has 9 nitrogen and oxygen atoms in total. The van der Waals surface area contributed by atoms with Gasteiger partial charge in [0.05, 0.1) is 10.6 Å². The maximum absolute atomic E-state index is 12.4. The molecule has 2 aromatic carbocycles. The highest BCUT2D eigenvalue weighted by Gasteiger charge is 2.22. The third kappa shape index (κ3) is 4.04. The van der Waals surface area contributed by atoms with Gasteiger partial charge < -0.3 is 21.5 Å². The summed E-state index contributed by atoms with van der Waals surface area (Å²) in [5, 5.41) is 14.8. The molecular formula is C19H16ClN5O4. The van der Waals surface area contributed by atoms with Crippen LogP contribution in [-0.2, 0) is 0 Å². The summed E-state index contributed by atoms with van der Waals surface area (Å²) in [5.74, 6) is -1.93. The molecule has 3 amide bonds. The summed E-state index contributed by atoms with van der Waals surface area (Å²) in [5.41, 5.74) is 6.34. The average molecular weight is 414 g/mol. The van der Waals surface area contributed by atoms with Crippen molar-refractivity contribution in [2.45, 2.75) is 0 Å². The molecule has 1 heterocycles. The van der Waals surface area contributed by atoms with Crippen molar-refractivity contribution in [1.82, 2.24) is 14.9 Å². The van der Waals surface area contributed by atoms with Gasteiger partial charge in [-0.3, -0.25) is 19.0 Å². The van der Waals surface area contributed by atoms with Crippen LogP contribution in [0, 0.1) is 0 Å². The minimum Gasteiger partial charge on any atom is -0.508 e. The van der Waals surface area contributed by atoms with Gasteiger partial charge in [-0.1, -0.05) is 11.6 Å². The third-order valence-corrected chi connectivity index (χ3v) is 4.37. The number of phenolic OH excluding ortho intramolecular Hbond substituents is 1. The number of halogens is 1. The molecule has 29 heavy (non-hydrogen) atoms. The Balaban J connectivity index is 1.87. The van der Waals surface area contributed by atoms with E-state index in [1.54, 1.807) is 24.3 Å². The van der Waals surface area contributed by atoms with Gasteiger partial charge in [0, 0.05) is 18.4 Å². The number of rotatable bonds is 5. The number of nitrogens with two attached hydrogens (primary N) is 1. The van der Waals surface area contributed by atoms with Gasteiger partial charge in [0.15, 0.2) is 5.69 Å². The fourth-order valence-electron chi connectivity index (χ4n) is 2.66. The molecular weight excluding hydrogens is 398 g/mol. The maximum Gasteiger partial charge on any atom is 0.272 e. The van der Waals surface area contributed by atoms with Gasteiger partial charge in [0.25, 0.3) is 17.7 Å². The van der Waals surface area contributed by atoms with Crippen molar-refractivity contribution in [2.24, 2.45) is 5.73 Å². The van der Waals surface area contributed by atoms with Gasteiger partial charge in [-0.15, -0.1) is 0 Å². The number of hydrogen-bond donors (Lipinski definition) is 4. The molecule has 0 radical (unpaired) electrons. The summed E-state index contributed by atoms with van der Waals surface area (Å²) in [6.45, 7) is 0. The molecule has 0 saturated heterocycles. The molecule has 0 saturated carbocycles. The Kier molecular flexibility index (Phi) is 5.51. The highest BCUT2D eigenvalue weighted by molar-refractivity contribution is 6.34.